The SMILES string of the molecule is Nc1cc(F)c(Br)cc1Oc1ccc2cccnc2c1. The van der Waals surface area contributed by atoms with E-state index in [1.165, 1.54) is 12.1 Å². The lowest BCUT2D eigenvalue weighted by Crippen LogP contribution is -1.94. The number of aromatic nitrogens is 1. The number of rotatable bonds is 2. The number of hydrogen-bond acceptors (Lipinski definition) is 3. The fourth-order valence-corrected chi connectivity index (χ4v) is 2.19. The summed E-state index contributed by atoms with van der Waals surface area (Å²) in [6.45, 7) is 0. The number of halogens is 2. The number of nitrogens with two attached hydrogens (primary N) is 1. The van der Waals surface area contributed by atoms with Gasteiger partial charge in [-0.1, -0.05) is 6.07 Å². The molecule has 1 aromatic heterocycles. The summed E-state index contributed by atoms with van der Waals surface area (Å²) in [4.78, 5) is 4.26. The lowest BCUT2D eigenvalue weighted by molar-refractivity contribution is 0.483. The smallest absolute Gasteiger partial charge is 0.151 e. The fraction of sp³-hybridized carbons (Fsp3) is 0. The maximum absolute atomic E-state index is 13.3. The fourth-order valence-electron chi connectivity index (χ4n) is 1.87. The van der Waals surface area contributed by atoms with Crippen molar-refractivity contribution in [3.63, 3.8) is 0 Å². The van der Waals surface area contributed by atoms with Crippen LogP contribution in [-0.2, 0) is 0 Å². The number of anilines is 1. The summed E-state index contributed by atoms with van der Waals surface area (Å²) in [5.41, 5.74) is 6.82. The van der Waals surface area contributed by atoms with Gasteiger partial charge in [0, 0.05) is 29.8 Å². The van der Waals surface area contributed by atoms with Crippen LogP contribution in [0.15, 0.2) is 53.1 Å². The molecule has 0 aliphatic heterocycles. The Bertz CT molecular complexity index is 792. The highest BCUT2D eigenvalue weighted by atomic mass is 79.9. The monoisotopic (exact) mass is 332 g/mol. The third-order valence-corrected chi connectivity index (χ3v) is 3.47. The molecule has 0 atom stereocenters. The first-order valence-corrected chi connectivity index (χ1v) is 6.70. The first kappa shape index (κ1) is 12.9. The van der Waals surface area contributed by atoms with Gasteiger partial charge in [-0.15, -0.1) is 0 Å². The van der Waals surface area contributed by atoms with Crippen LogP contribution in [0, 0.1) is 5.82 Å². The standard InChI is InChI=1S/C15H10BrFN2O/c16-11-7-15(13(18)8-12(11)17)20-10-4-3-9-2-1-5-19-14(9)6-10/h1-8H,18H2. The molecule has 0 fully saturated rings. The third kappa shape index (κ3) is 2.44. The van der Waals surface area contributed by atoms with E-state index < -0.39 is 5.82 Å². The van der Waals surface area contributed by atoms with Gasteiger partial charge in [-0.25, -0.2) is 4.39 Å². The van der Waals surface area contributed by atoms with Crippen molar-refractivity contribution in [2.75, 3.05) is 5.73 Å². The zero-order chi connectivity index (χ0) is 14.1. The molecule has 0 saturated heterocycles. The maximum Gasteiger partial charge on any atom is 0.151 e. The molecule has 0 bridgehead atoms. The largest absolute Gasteiger partial charge is 0.455 e. The highest BCUT2D eigenvalue weighted by molar-refractivity contribution is 9.10. The Balaban J connectivity index is 1.99. The van der Waals surface area contributed by atoms with Gasteiger partial charge in [-0.3, -0.25) is 4.98 Å². The van der Waals surface area contributed by atoms with Crippen LogP contribution >= 0.6 is 15.9 Å². The lowest BCUT2D eigenvalue weighted by atomic mass is 10.2. The zero-order valence-corrected chi connectivity index (χ0v) is 11.9. The number of pyridine rings is 1. The maximum atomic E-state index is 13.3. The van der Waals surface area contributed by atoms with Crippen LogP contribution < -0.4 is 10.5 Å². The van der Waals surface area contributed by atoms with E-state index in [2.05, 4.69) is 20.9 Å². The molecule has 3 nitrogen and oxygen atoms in total. The van der Waals surface area contributed by atoms with Crippen LogP contribution in [0.4, 0.5) is 10.1 Å². The number of fused-ring (bicyclic) bond motifs is 1. The van der Waals surface area contributed by atoms with Crippen LogP contribution in [0.3, 0.4) is 0 Å². The van der Waals surface area contributed by atoms with Gasteiger partial charge in [-0.2, -0.15) is 0 Å². The molecular weight excluding hydrogens is 323 g/mol. The average molecular weight is 333 g/mol. The van der Waals surface area contributed by atoms with Crippen molar-refractivity contribution in [2.24, 2.45) is 0 Å². The van der Waals surface area contributed by atoms with Crippen molar-refractivity contribution in [2.45, 2.75) is 0 Å². The van der Waals surface area contributed by atoms with Gasteiger partial charge in [0.15, 0.2) is 5.75 Å². The molecule has 100 valence electrons. The van der Waals surface area contributed by atoms with E-state index in [-0.39, 0.29) is 5.69 Å². The van der Waals surface area contributed by atoms with Crippen LogP contribution in [0.1, 0.15) is 0 Å². The second-order valence-electron chi connectivity index (χ2n) is 4.26. The molecule has 0 spiro atoms. The van der Waals surface area contributed by atoms with E-state index in [1.807, 2.05) is 30.3 Å². The van der Waals surface area contributed by atoms with E-state index in [9.17, 15) is 4.39 Å². The number of benzene rings is 2. The van der Waals surface area contributed by atoms with Crippen LogP contribution in [0.5, 0.6) is 11.5 Å². The van der Waals surface area contributed by atoms with E-state index >= 15 is 0 Å². The molecule has 0 amide bonds. The first-order valence-electron chi connectivity index (χ1n) is 5.90. The van der Waals surface area contributed by atoms with Gasteiger partial charge >= 0.3 is 0 Å². The second kappa shape index (κ2) is 5.09. The second-order valence-corrected chi connectivity index (χ2v) is 5.12. The molecule has 0 unspecified atom stereocenters. The summed E-state index contributed by atoms with van der Waals surface area (Å²) in [6.07, 6.45) is 1.72. The number of nitrogen functional groups attached to an aromatic ring is 1. The minimum atomic E-state index is -0.421. The van der Waals surface area contributed by atoms with Crippen LogP contribution in [-0.4, -0.2) is 4.98 Å². The Morgan fingerprint density at radius 2 is 2.00 bits per heavy atom. The Labute approximate surface area is 123 Å². The molecule has 3 rings (SSSR count). The minimum Gasteiger partial charge on any atom is -0.455 e. The summed E-state index contributed by atoms with van der Waals surface area (Å²) in [7, 11) is 0. The normalized spacial score (nSPS) is 10.7. The van der Waals surface area contributed by atoms with Gasteiger partial charge in [0.25, 0.3) is 0 Å². The molecule has 3 aromatic rings. The molecule has 5 heteroatoms. The number of hydrogen-bond donors (Lipinski definition) is 1. The van der Waals surface area contributed by atoms with Crippen molar-refractivity contribution in [3.05, 3.63) is 59.0 Å². The number of nitrogens with zero attached hydrogens (tertiary/aromatic N) is 1. The quantitative estimate of drug-likeness (QED) is 0.702. The predicted octanol–water partition coefficient (Wildman–Crippen LogP) is 4.51. The topological polar surface area (TPSA) is 48.1 Å². The number of ether oxygens (including phenoxy) is 1. The van der Waals surface area contributed by atoms with Gasteiger partial charge in [0.2, 0.25) is 0 Å². The molecule has 1 heterocycles. The Hall–Kier alpha value is -2.14. The van der Waals surface area contributed by atoms with Gasteiger partial charge in [0.05, 0.1) is 15.7 Å². The average Bonchev–Trinajstić information content (AvgIpc) is 2.44. The van der Waals surface area contributed by atoms with E-state index in [0.29, 0.717) is 16.0 Å². The molecular formula is C15H10BrFN2O. The molecule has 2 N–H and O–H groups in total. The van der Waals surface area contributed by atoms with Crippen molar-refractivity contribution in [3.8, 4) is 11.5 Å². The highest BCUT2D eigenvalue weighted by Gasteiger charge is 2.08. The molecule has 0 saturated carbocycles. The van der Waals surface area contributed by atoms with Gasteiger partial charge in [-0.05, 0) is 34.1 Å². The van der Waals surface area contributed by atoms with Crippen LogP contribution in [0.25, 0.3) is 10.9 Å². The summed E-state index contributed by atoms with van der Waals surface area (Å²) in [5, 5.41) is 1.02. The molecule has 2 aromatic carbocycles. The summed E-state index contributed by atoms with van der Waals surface area (Å²) in [6, 6.07) is 12.1. The summed E-state index contributed by atoms with van der Waals surface area (Å²) in [5.74, 6) is 0.574. The molecule has 20 heavy (non-hydrogen) atoms. The van der Waals surface area contributed by atoms with Crippen LogP contribution in [0.2, 0.25) is 0 Å². The minimum absolute atomic E-state index is 0.242. The Morgan fingerprint density at radius 1 is 1.15 bits per heavy atom. The van der Waals surface area contributed by atoms with E-state index in [1.54, 1.807) is 6.20 Å². The lowest BCUT2D eigenvalue weighted by Gasteiger charge is -2.10. The third-order valence-electron chi connectivity index (χ3n) is 2.86. The van der Waals surface area contributed by atoms with E-state index in [0.717, 1.165) is 10.9 Å². The molecule has 0 aliphatic carbocycles. The van der Waals surface area contributed by atoms with Gasteiger partial charge < -0.3 is 10.5 Å². The summed E-state index contributed by atoms with van der Waals surface area (Å²) >= 11 is 3.11. The first-order chi connectivity index (χ1) is 9.63. The highest BCUT2D eigenvalue weighted by Crippen LogP contribution is 2.33. The summed E-state index contributed by atoms with van der Waals surface area (Å²) < 4.78 is 19.3. The Morgan fingerprint density at radius 3 is 2.85 bits per heavy atom. The molecule has 0 radical (unpaired) electrons. The van der Waals surface area contributed by atoms with Crippen molar-refractivity contribution in [1.29, 1.82) is 0 Å². The van der Waals surface area contributed by atoms with Crippen molar-refractivity contribution < 1.29 is 9.13 Å². The van der Waals surface area contributed by atoms with Crippen molar-refractivity contribution >= 4 is 32.5 Å². The van der Waals surface area contributed by atoms with Gasteiger partial charge in [0.1, 0.15) is 11.6 Å². The zero-order valence-electron chi connectivity index (χ0n) is 10.3. The Kier molecular flexibility index (Phi) is 3.28. The van der Waals surface area contributed by atoms with Crippen molar-refractivity contribution in [1.82, 2.24) is 4.98 Å². The predicted molar refractivity (Wildman–Crippen MR) is 80.3 cm³/mol. The van der Waals surface area contributed by atoms with E-state index in [4.69, 9.17) is 10.5 Å². The molecule has 0 aliphatic rings.